The highest BCUT2D eigenvalue weighted by Gasteiger charge is 2.32. The van der Waals surface area contributed by atoms with Crippen LogP contribution >= 0.6 is 11.6 Å². The van der Waals surface area contributed by atoms with E-state index in [0.717, 1.165) is 0 Å². The van der Waals surface area contributed by atoms with E-state index >= 15 is 0 Å². The van der Waals surface area contributed by atoms with Crippen molar-refractivity contribution in [1.82, 2.24) is 4.98 Å². The Labute approximate surface area is 164 Å². The van der Waals surface area contributed by atoms with Crippen LogP contribution in [-0.2, 0) is 25.7 Å². The molecule has 2 aromatic rings. The van der Waals surface area contributed by atoms with Crippen LogP contribution in [0.2, 0.25) is 5.02 Å². The number of aromatic nitrogens is 1. The topological polar surface area (TPSA) is 100 Å². The lowest BCUT2D eigenvalue weighted by molar-refractivity contribution is -0.137. The number of sulfone groups is 1. The number of alkyl halides is 3. The average molecular weight is 450 g/mol. The molecular weight excluding hydrogens is 439 g/mol. The Hall–Kier alpha value is -2.42. The van der Waals surface area contributed by atoms with Gasteiger partial charge in [-0.1, -0.05) is 11.6 Å². The fourth-order valence-electron chi connectivity index (χ4n) is 1.87. The van der Waals surface area contributed by atoms with Crippen molar-refractivity contribution in [3.05, 3.63) is 64.3 Å². The average Bonchev–Trinajstić information content (AvgIpc) is 2.61. The minimum Gasteiger partial charge on any atom is -0.245 e. The predicted molar refractivity (Wildman–Crippen MR) is 96.3 cm³/mol. The molecule has 2 rings (SSSR count). The molecule has 0 N–H and O–H groups in total. The SMILES string of the molecule is C[S@@](=O)(=N/C=C(\C#N)S(=O)(=O)c1ccc(C(F)(F)F)cn1)c1ccc(Cl)cc1. The molecule has 0 spiro atoms. The second-order valence-corrected chi connectivity index (χ2v) is 9.94. The summed E-state index contributed by atoms with van der Waals surface area (Å²) in [6.45, 7) is 0. The largest absolute Gasteiger partial charge is 0.417 e. The van der Waals surface area contributed by atoms with E-state index in [0.29, 0.717) is 29.6 Å². The van der Waals surface area contributed by atoms with Crippen LogP contribution in [0.1, 0.15) is 5.56 Å². The molecule has 28 heavy (non-hydrogen) atoms. The van der Waals surface area contributed by atoms with Crippen molar-refractivity contribution in [1.29, 1.82) is 5.26 Å². The van der Waals surface area contributed by atoms with Crippen molar-refractivity contribution in [2.24, 2.45) is 4.36 Å². The number of pyridine rings is 1. The number of hydrogen-bond acceptors (Lipinski definition) is 6. The Morgan fingerprint density at radius 1 is 1.18 bits per heavy atom. The first-order valence-electron chi connectivity index (χ1n) is 7.23. The zero-order valence-electron chi connectivity index (χ0n) is 14.0. The third kappa shape index (κ3) is 4.89. The number of benzene rings is 1. The van der Waals surface area contributed by atoms with Gasteiger partial charge in [-0.25, -0.2) is 22.0 Å². The summed E-state index contributed by atoms with van der Waals surface area (Å²) in [5, 5.41) is 8.76. The number of halogens is 4. The van der Waals surface area contributed by atoms with Gasteiger partial charge < -0.3 is 0 Å². The minimum absolute atomic E-state index is 0.246. The highest BCUT2D eigenvalue weighted by atomic mass is 35.5. The fourth-order valence-corrected chi connectivity index (χ4v) is 4.11. The van der Waals surface area contributed by atoms with Crippen LogP contribution in [0, 0.1) is 11.3 Å². The lowest BCUT2D eigenvalue weighted by atomic mass is 10.3. The number of nitriles is 1. The van der Waals surface area contributed by atoms with E-state index in [2.05, 4.69) is 9.35 Å². The van der Waals surface area contributed by atoms with E-state index in [1.165, 1.54) is 36.6 Å². The van der Waals surface area contributed by atoms with Gasteiger partial charge >= 0.3 is 6.18 Å². The molecule has 0 aliphatic carbocycles. The smallest absolute Gasteiger partial charge is 0.245 e. The zero-order chi connectivity index (χ0) is 21.2. The van der Waals surface area contributed by atoms with Crippen molar-refractivity contribution in [2.45, 2.75) is 16.1 Å². The molecule has 6 nitrogen and oxygen atoms in total. The van der Waals surface area contributed by atoms with E-state index in [-0.39, 0.29) is 4.90 Å². The van der Waals surface area contributed by atoms with Crippen molar-refractivity contribution in [3.8, 4) is 6.07 Å². The van der Waals surface area contributed by atoms with E-state index in [1.54, 1.807) is 0 Å². The molecule has 12 heteroatoms. The van der Waals surface area contributed by atoms with E-state index in [1.807, 2.05) is 0 Å². The van der Waals surface area contributed by atoms with Gasteiger partial charge in [-0.15, -0.1) is 0 Å². The van der Waals surface area contributed by atoms with Crippen LogP contribution in [-0.4, -0.2) is 23.9 Å². The Kier molecular flexibility index (Phi) is 6.18. The molecule has 1 atom stereocenters. The predicted octanol–water partition coefficient (Wildman–Crippen LogP) is 4.05. The lowest BCUT2D eigenvalue weighted by Gasteiger charge is -2.07. The monoisotopic (exact) mass is 449 g/mol. The molecule has 0 aliphatic heterocycles. The molecule has 0 aliphatic rings. The van der Waals surface area contributed by atoms with Crippen molar-refractivity contribution in [2.75, 3.05) is 6.26 Å². The number of hydrogen-bond donors (Lipinski definition) is 0. The maximum Gasteiger partial charge on any atom is 0.417 e. The number of rotatable bonds is 4. The lowest BCUT2D eigenvalue weighted by Crippen LogP contribution is -2.09. The van der Waals surface area contributed by atoms with Crippen molar-refractivity contribution >= 4 is 31.2 Å². The molecule has 0 unspecified atom stereocenters. The van der Waals surface area contributed by atoms with Gasteiger partial charge in [0, 0.05) is 22.4 Å². The summed E-state index contributed by atoms with van der Waals surface area (Å²) < 4.78 is 78.9. The summed E-state index contributed by atoms with van der Waals surface area (Å²) in [5.41, 5.74) is -1.14. The normalized spacial score (nSPS) is 14.8. The molecule has 148 valence electrons. The fraction of sp³-hybridized carbons (Fsp3) is 0.125. The quantitative estimate of drug-likeness (QED) is 0.655. The van der Waals surface area contributed by atoms with Gasteiger partial charge in [0.15, 0.2) is 9.93 Å². The Bertz CT molecular complexity index is 1170. The first kappa shape index (κ1) is 21.9. The van der Waals surface area contributed by atoms with Crippen LogP contribution in [0.4, 0.5) is 13.2 Å². The molecule has 1 heterocycles. The summed E-state index contributed by atoms with van der Waals surface area (Å²) in [6.07, 6.45) is -2.52. The first-order chi connectivity index (χ1) is 12.9. The van der Waals surface area contributed by atoms with Crippen molar-refractivity contribution in [3.63, 3.8) is 0 Å². The third-order valence-electron chi connectivity index (χ3n) is 3.36. The summed E-state index contributed by atoms with van der Waals surface area (Å²) >= 11 is 5.74. The van der Waals surface area contributed by atoms with E-state index in [9.17, 15) is 25.8 Å². The Morgan fingerprint density at radius 3 is 2.25 bits per heavy atom. The van der Waals surface area contributed by atoms with Crippen LogP contribution in [0.25, 0.3) is 0 Å². The van der Waals surface area contributed by atoms with Gasteiger partial charge in [-0.2, -0.15) is 18.4 Å². The second kappa shape index (κ2) is 7.90. The van der Waals surface area contributed by atoms with E-state index in [4.69, 9.17) is 16.9 Å². The first-order valence-corrected chi connectivity index (χ1v) is 11.0. The molecule has 1 aromatic heterocycles. The summed E-state index contributed by atoms with van der Waals surface area (Å²) in [4.78, 5) is 2.60. The van der Waals surface area contributed by atoms with Crippen LogP contribution < -0.4 is 0 Å². The Morgan fingerprint density at radius 2 is 1.79 bits per heavy atom. The molecule has 0 bridgehead atoms. The Balaban J connectivity index is 2.47. The maximum atomic E-state index is 12.6. The second-order valence-electron chi connectivity index (χ2n) is 5.35. The molecule has 0 saturated heterocycles. The molecule has 0 radical (unpaired) electrons. The standard InChI is InChI=1S/C16H11ClF3N3O3S2/c1-27(24,13-5-3-12(17)4-6-13)23-10-14(8-21)28(25,26)15-7-2-11(9-22-15)16(18,19)20/h2-7,9-10H,1H3/b14-10+/t27-/m0/s1. The third-order valence-corrected chi connectivity index (χ3v) is 6.84. The van der Waals surface area contributed by atoms with Gasteiger partial charge in [0.25, 0.3) is 0 Å². The van der Waals surface area contributed by atoms with Gasteiger partial charge in [0.05, 0.1) is 21.5 Å². The molecule has 0 fully saturated rings. The summed E-state index contributed by atoms with van der Waals surface area (Å²) in [7, 11) is -7.64. The minimum atomic E-state index is -4.69. The van der Waals surface area contributed by atoms with Crippen LogP contribution in [0.5, 0.6) is 0 Å². The zero-order valence-corrected chi connectivity index (χ0v) is 16.4. The maximum absolute atomic E-state index is 12.6. The van der Waals surface area contributed by atoms with Crippen molar-refractivity contribution < 1.29 is 25.8 Å². The van der Waals surface area contributed by atoms with Gasteiger partial charge in [-0.05, 0) is 36.4 Å². The summed E-state index contributed by atoms with van der Waals surface area (Å²) in [5.74, 6) is 0. The van der Waals surface area contributed by atoms with Gasteiger partial charge in [0.2, 0.25) is 9.84 Å². The van der Waals surface area contributed by atoms with E-state index < -0.39 is 41.2 Å². The number of allylic oxidation sites excluding steroid dienone is 1. The highest BCUT2D eigenvalue weighted by molar-refractivity contribution is 7.95. The molecular formula is C16H11ClF3N3O3S2. The van der Waals surface area contributed by atoms with Crippen LogP contribution in [0.3, 0.4) is 0 Å². The highest BCUT2D eigenvalue weighted by Crippen LogP contribution is 2.29. The molecule has 0 amide bonds. The number of nitrogens with zero attached hydrogens (tertiary/aromatic N) is 3. The summed E-state index contributed by atoms with van der Waals surface area (Å²) in [6, 6.07) is 8.34. The molecule has 0 saturated carbocycles. The van der Waals surface area contributed by atoms with Gasteiger partial charge in [-0.3, -0.25) is 0 Å². The van der Waals surface area contributed by atoms with Gasteiger partial charge in [0.1, 0.15) is 6.07 Å². The molecule has 1 aromatic carbocycles. The van der Waals surface area contributed by atoms with Crippen LogP contribution in [0.15, 0.2) is 68.0 Å².